The zero-order valence-corrected chi connectivity index (χ0v) is 14.5. The maximum Gasteiger partial charge on any atom is 0.419 e. The van der Waals surface area contributed by atoms with Crippen molar-refractivity contribution in [3.8, 4) is 0 Å². The number of pyridine rings is 1. The Bertz CT molecular complexity index is 631. The van der Waals surface area contributed by atoms with E-state index in [-0.39, 0.29) is 24.3 Å². The van der Waals surface area contributed by atoms with Gasteiger partial charge in [0.25, 0.3) is 0 Å². The van der Waals surface area contributed by atoms with E-state index >= 15 is 0 Å². The lowest BCUT2D eigenvalue weighted by molar-refractivity contribution is -0.137. The zero-order chi connectivity index (χ0) is 19.1. The summed E-state index contributed by atoms with van der Waals surface area (Å²) in [5.41, 5.74) is -0.735. The van der Waals surface area contributed by atoms with Gasteiger partial charge in [-0.2, -0.15) is 13.2 Å². The Hall–Kier alpha value is -1.42. The summed E-state index contributed by atoms with van der Waals surface area (Å²) in [7, 11) is 0. The lowest BCUT2D eigenvalue weighted by Gasteiger charge is -2.43. The van der Waals surface area contributed by atoms with E-state index in [9.17, 15) is 28.5 Å². The van der Waals surface area contributed by atoms with E-state index in [0.29, 0.717) is 26.1 Å². The van der Waals surface area contributed by atoms with Crippen LogP contribution >= 0.6 is 0 Å². The highest BCUT2D eigenvalue weighted by atomic mass is 19.4. The Balaban J connectivity index is 1.67. The van der Waals surface area contributed by atoms with Gasteiger partial charge in [0.2, 0.25) is 0 Å². The Labute approximate surface area is 149 Å². The smallest absolute Gasteiger partial charge is 0.389 e. The fourth-order valence-corrected chi connectivity index (χ4v) is 3.86. The molecule has 2 aliphatic heterocycles. The van der Waals surface area contributed by atoms with Gasteiger partial charge in [-0.1, -0.05) is 0 Å². The molecule has 3 heterocycles. The van der Waals surface area contributed by atoms with Crippen molar-refractivity contribution in [2.45, 2.75) is 43.9 Å². The highest BCUT2D eigenvalue weighted by molar-refractivity contribution is 5.49. The molecule has 0 spiro atoms. The fraction of sp³-hybridized carbons (Fsp3) is 0.706. The molecule has 9 heteroatoms. The lowest BCUT2D eigenvalue weighted by atomic mass is 9.93. The number of aliphatic hydroxyl groups excluding tert-OH is 3. The van der Waals surface area contributed by atoms with Crippen LogP contribution in [0.4, 0.5) is 19.0 Å². The predicted molar refractivity (Wildman–Crippen MR) is 88.6 cm³/mol. The molecule has 1 aromatic heterocycles. The Morgan fingerprint density at radius 1 is 1.19 bits per heavy atom. The second-order valence-electron chi connectivity index (χ2n) is 7.22. The van der Waals surface area contributed by atoms with Gasteiger partial charge in [-0.15, -0.1) is 0 Å². The molecule has 0 aromatic carbocycles. The number of halogens is 3. The van der Waals surface area contributed by atoms with Gasteiger partial charge in [-0.3, -0.25) is 4.90 Å². The molecule has 2 aliphatic rings. The molecule has 0 bridgehead atoms. The SMILES string of the molecule is C[C@@H]1[C@@H](O)[C@H](O)[C@@H](O)CN1C[C@H]1CCN(c2ncccc2C(F)(F)F)C1. The quantitative estimate of drug-likeness (QED) is 0.722. The van der Waals surface area contributed by atoms with Gasteiger partial charge in [0.1, 0.15) is 11.9 Å². The van der Waals surface area contributed by atoms with Crippen molar-refractivity contribution in [2.75, 3.05) is 31.1 Å². The first kappa shape index (κ1) is 19.3. The first-order valence-corrected chi connectivity index (χ1v) is 8.74. The largest absolute Gasteiger partial charge is 0.419 e. The van der Waals surface area contributed by atoms with E-state index in [1.807, 2.05) is 4.90 Å². The van der Waals surface area contributed by atoms with Crippen LogP contribution < -0.4 is 4.90 Å². The molecule has 1 aromatic rings. The van der Waals surface area contributed by atoms with Gasteiger partial charge < -0.3 is 20.2 Å². The number of likely N-dealkylation sites (tertiary alicyclic amines) is 1. The topological polar surface area (TPSA) is 80.1 Å². The number of nitrogens with zero attached hydrogens (tertiary/aromatic N) is 3. The molecular weight excluding hydrogens is 351 g/mol. The molecule has 3 rings (SSSR count). The normalized spacial score (nSPS) is 33.7. The molecule has 0 aliphatic carbocycles. The maximum absolute atomic E-state index is 13.2. The zero-order valence-electron chi connectivity index (χ0n) is 14.5. The van der Waals surface area contributed by atoms with Crippen LogP contribution in [0, 0.1) is 5.92 Å². The molecule has 2 saturated heterocycles. The molecule has 0 unspecified atom stereocenters. The van der Waals surface area contributed by atoms with Crippen molar-refractivity contribution in [3.05, 3.63) is 23.9 Å². The van der Waals surface area contributed by atoms with Gasteiger partial charge >= 0.3 is 6.18 Å². The van der Waals surface area contributed by atoms with Crippen molar-refractivity contribution < 1.29 is 28.5 Å². The molecule has 5 atom stereocenters. The molecule has 6 nitrogen and oxygen atoms in total. The molecular formula is C17H24F3N3O3. The number of hydrogen-bond acceptors (Lipinski definition) is 6. The third-order valence-corrected chi connectivity index (χ3v) is 5.41. The van der Waals surface area contributed by atoms with Crippen molar-refractivity contribution in [1.29, 1.82) is 0 Å². The summed E-state index contributed by atoms with van der Waals surface area (Å²) in [5, 5.41) is 29.6. The van der Waals surface area contributed by atoms with Crippen molar-refractivity contribution in [1.82, 2.24) is 9.88 Å². The van der Waals surface area contributed by atoms with Crippen LogP contribution in [0.3, 0.4) is 0 Å². The average Bonchev–Trinajstić information content (AvgIpc) is 3.05. The van der Waals surface area contributed by atoms with E-state index in [4.69, 9.17) is 0 Å². The number of alkyl halides is 3. The highest BCUT2D eigenvalue weighted by Gasteiger charge is 2.41. The summed E-state index contributed by atoms with van der Waals surface area (Å²) >= 11 is 0. The summed E-state index contributed by atoms with van der Waals surface area (Å²) < 4.78 is 39.6. The van der Waals surface area contributed by atoms with Crippen LogP contribution in [0.15, 0.2) is 18.3 Å². The summed E-state index contributed by atoms with van der Waals surface area (Å²) in [6, 6.07) is 1.99. The van der Waals surface area contributed by atoms with E-state index in [1.54, 1.807) is 11.8 Å². The molecule has 146 valence electrons. The van der Waals surface area contributed by atoms with Crippen LogP contribution in [-0.4, -0.2) is 75.7 Å². The van der Waals surface area contributed by atoms with Crippen molar-refractivity contribution >= 4 is 5.82 Å². The van der Waals surface area contributed by atoms with Gasteiger partial charge in [-0.05, 0) is 31.4 Å². The summed E-state index contributed by atoms with van der Waals surface area (Å²) in [6.45, 7) is 3.44. The van der Waals surface area contributed by atoms with Gasteiger partial charge in [0.15, 0.2) is 0 Å². The minimum Gasteiger partial charge on any atom is -0.389 e. The van der Waals surface area contributed by atoms with Gasteiger partial charge in [0, 0.05) is 38.4 Å². The van der Waals surface area contributed by atoms with Gasteiger partial charge in [0.05, 0.1) is 17.8 Å². The number of β-amino-alcohol motifs (C(OH)–C–C–N with tert-alkyl or cyclic N) is 1. The number of anilines is 1. The first-order valence-electron chi connectivity index (χ1n) is 8.74. The third kappa shape index (κ3) is 3.80. The second-order valence-corrected chi connectivity index (χ2v) is 7.22. The predicted octanol–water partition coefficient (Wildman–Crippen LogP) is 0.714. The molecule has 26 heavy (non-hydrogen) atoms. The third-order valence-electron chi connectivity index (χ3n) is 5.41. The van der Waals surface area contributed by atoms with Crippen LogP contribution in [0.5, 0.6) is 0 Å². The second kappa shape index (κ2) is 7.30. The number of rotatable bonds is 3. The van der Waals surface area contributed by atoms with Crippen molar-refractivity contribution in [2.24, 2.45) is 5.92 Å². The Kier molecular flexibility index (Phi) is 5.43. The Morgan fingerprint density at radius 2 is 1.92 bits per heavy atom. The molecule has 3 N–H and O–H groups in total. The number of hydrogen-bond donors (Lipinski definition) is 3. The number of piperidine rings is 1. The van der Waals surface area contributed by atoms with Crippen LogP contribution in [0.25, 0.3) is 0 Å². The molecule has 0 radical (unpaired) electrons. The number of aromatic nitrogens is 1. The minimum absolute atomic E-state index is 0.0512. The average molecular weight is 375 g/mol. The summed E-state index contributed by atoms with van der Waals surface area (Å²) in [4.78, 5) is 7.47. The van der Waals surface area contributed by atoms with Gasteiger partial charge in [-0.25, -0.2) is 4.98 Å². The van der Waals surface area contributed by atoms with Crippen LogP contribution in [0.1, 0.15) is 18.9 Å². The van der Waals surface area contributed by atoms with Crippen molar-refractivity contribution in [3.63, 3.8) is 0 Å². The lowest BCUT2D eigenvalue weighted by Crippen LogP contribution is -2.60. The van der Waals surface area contributed by atoms with E-state index in [2.05, 4.69) is 4.98 Å². The standard InChI is InChI=1S/C17H24F3N3O3/c1-10-14(25)15(26)13(24)9-23(10)8-11-4-6-22(7-11)16-12(17(18,19)20)3-2-5-21-16/h2-3,5,10-11,13-15,24-26H,4,6-9H2,1H3/t10-,11+,13+,14-,15-/m1/s1. The molecule has 0 saturated carbocycles. The first-order chi connectivity index (χ1) is 12.2. The molecule has 0 amide bonds. The minimum atomic E-state index is -4.45. The fourth-order valence-electron chi connectivity index (χ4n) is 3.86. The van der Waals surface area contributed by atoms with E-state index in [1.165, 1.54) is 12.3 Å². The highest BCUT2D eigenvalue weighted by Crippen LogP contribution is 2.37. The van der Waals surface area contributed by atoms with E-state index < -0.39 is 30.1 Å². The Morgan fingerprint density at radius 3 is 2.62 bits per heavy atom. The summed E-state index contributed by atoms with van der Waals surface area (Å²) in [6.07, 6.45) is -5.66. The van der Waals surface area contributed by atoms with E-state index in [0.717, 1.165) is 6.07 Å². The number of aliphatic hydroxyl groups is 3. The van der Waals surface area contributed by atoms with Crippen LogP contribution in [0.2, 0.25) is 0 Å². The van der Waals surface area contributed by atoms with Crippen LogP contribution in [-0.2, 0) is 6.18 Å². The summed E-state index contributed by atoms with van der Waals surface area (Å²) in [5.74, 6) is 0.0415. The maximum atomic E-state index is 13.2. The monoisotopic (exact) mass is 375 g/mol. The molecule has 2 fully saturated rings.